The van der Waals surface area contributed by atoms with Crippen molar-refractivity contribution < 1.29 is 9.18 Å². The van der Waals surface area contributed by atoms with Gasteiger partial charge in [0.15, 0.2) is 0 Å². The molecule has 0 amide bonds. The molecule has 198 valence electrons. The fourth-order valence-corrected chi connectivity index (χ4v) is 2.62. The van der Waals surface area contributed by atoms with Crippen molar-refractivity contribution in [3.8, 4) is 0 Å². The summed E-state index contributed by atoms with van der Waals surface area (Å²) >= 11 is 0. The monoisotopic (exact) mass is 469 g/mol. The number of carbonyl (C=O) groups excluding carboxylic acids is 1. The van der Waals surface area contributed by atoms with Crippen LogP contribution in [-0.4, -0.2) is 32.3 Å². The lowest BCUT2D eigenvalue weighted by atomic mass is 9.83. The molecule has 0 aromatic heterocycles. The molecule has 0 rings (SSSR count). The molecule has 0 N–H and O–H groups in total. The predicted octanol–water partition coefficient (Wildman–Crippen LogP) is 9.68. The molecule has 0 aliphatic rings. The summed E-state index contributed by atoms with van der Waals surface area (Å²) in [5.74, 6) is 2.26. The first-order valence-corrected chi connectivity index (χ1v) is 13.0. The molecule has 0 radical (unpaired) electrons. The van der Waals surface area contributed by atoms with E-state index in [1.165, 1.54) is 38.7 Å². The number of halogens is 1. The van der Waals surface area contributed by atoms with Crippen LogP contribution in [0.1, 0.15) is 107 Å². The molecule has 4 unspecified atom stereocenters. The van der Waals surface area contributed by atoms with Crippen molar-refractivity contribution in [3.63, 3.8) is 0 Å². The Morgan fingerprint density at radius 3 is 1.58 bits per heavy atom. The van der Waals surface area contributed by atoms with Gasteiger partial charge in [-0.3, -0.25) is 0 Å². The molecule has 0 aliphatic carbocycles. The number of hydrogen-bond acceptors (Lipinski definition) is 2. The third-order valence-electron chi connectivity index (χ3n) is 5.52. The molecule has 33 heavy (non-hydrogen) atoms. The molecule has 2 nitrogen and oxygen atoms in total. The molecule has 0 aromatic rings. The summed E-state index contributed by atoms with van der Waals surface area (Å²) in [5, 5.41) is 0. The van der Waals surface area contributed by atoms with Crippen LogP contribution in [0.2, 0.25) is 0 Å². The van der Waals surface area contributed by atoms with Gasteiger partial charge in [-0.1, -0.05) is 99.8 Å². The summed E-state index contributed by atoms with van der Waals surface area (Å²) in [6.07, 6.45) is 10.4. The Balaban J connectivity index is -0.000000353. The number of carbonyl (C=O) groups is 1. The SMILES string of the molecule is C=C(/C=C(/F)C(=C)C(C)CCC(C)C(C)CCC(C)CC)CC.CC=O.CCC.CN(C)C. The van der Waals surface area contributed by atoms with Gasteiger partial charge >= 0.3 is 0 Å². The molecular formula is C30H60FNO. The van der Waals surface area contributed by atoms with E-state index in [1.54, 1.807) is 0 Å². The van der Waals surface area contributed by atoms with E-state index in [9.17, 15) is 4.39 Å². The maximum absolute atomic E-state index is 14.1. The minimum atomic E-state index is -0.193. The van der Waals surface area contributed by atoms with Gasteiger partial charge in [-0.15, -0.1) is 0 Å². The molecular weight excluding hydrogens is 409 g/mol. The van der Waals surface area contributed by atoms with Crippen molar-refractivity contribution >= 4 is 6.29 Å². The highest BCUT2D eigenvalue weighted by Gasteiger charge is 2.17. The molecule has 0 saturated carbocycles. The van der Waals surface area contributed by atoms with E-state index >= 15 is 0 Å². The van der Waals surface area contributed by atoms with E-state index in [4.69, 9.17) is 4.79 Å². The van der Waals surface area contributed by atoms with E-state index in [2.05, 4.69) is 61.6 Å². The van der Waals surface area contributed by atoms with Crippen molar-refractivity contribution in [2.45, 2.75) is 107 Å². The topological polar surface area (TPSA) is 20.3 Å². The predicted molar refractivity (Wildman–Crippen MR) is 150 cm³/mol. The molecule has 0 aliphatic heterocycles. The Kier molecular flexibility index (Phi) is 32.0. The van der Waals surface area contributed by atoms with Gasteiger partial charge in [-0.25, -0.2) is 4.39 Å². The summed E-state index contributed by atoms with van der Waals surface area (Å²) in [5.41, 5.74) is 1.45. The zero-order valence-electron chi connectivity index (χ0n) is 24.6. The van der Waals surface area contributed by atoms with Crippen molar-refractivity contribution in [2.75, 3.05) is 21.1 Å². The molecule has 0 bridgehead atoms. The van der Waals surface area contributed by atoms with Gasteiger partial charge < -0.3 is 9.69 Å². The second-order valence-corrected chi connectivity index (χ2v) is 9.84. The standard InChI is InChI=1S/C22H39F.C3H9N.C3H8.C2H4O/c1-9-16(3)11-12-18(5)19(6)13-14-20(7)21(8)22(23)15-17(4)10-2;1-4(2)3;1-3-2;1-2-3/h15-16,18-20H,4,8-14H2,1-3,5-7H3;1-3H3;3H2,1-2H3;2H,1H3/b22-15+;;;. The van der Waals surface area contributed by atoms with E-state index in [0.717, 1.165) is 43.0 Å². The maximum Gasteiger partial charge on any atom is 0.126 e. The second kappa shape index (κ2) is 27.0. The normalized spacial score (nSPS) is 14.2. The van der Waals surface area contributed by atoms with Crippen LogP contribution in [0.5, 0.6) is 0 Å². The van der Waals surface area contributed by atoms with Crippen LogP contribution >= 0.6 is 0 Å². The molecule has 0 spiro atoms. The molecule has 0 aromatic carbocycles. The van der Waals surface area contributed by atoms with Crippen molar-refractivity contribution in [1.29, 1.82) is 0 Å². The number of nitrogens with zero attached hydrogens (tertiary/aromatic N) is 1. The van der Waals surface area contributed by atoms with E-state index < -0.39 is 0 Å². The van der Waals surface area contributed by atoms with Crippen LogP contribution in [0.25, 0.3) is 0 Å². The van der Waals surface area contributed by atoms with Crippen LogP contribution in [0, 0.1) is 23.7 Å². The zero-order valence-corrected chi connectivity index (χ0v) is 24.6. The highest BCUT2D eigenvalue weighted by molar-refractivity contribution is 5.44. The maximum atomic E-state index is 14.1. The van der Waals surface area contributed by atoms with Crippen LogP contribution in [0.3, 0.4) is 0 Å². The van der Waals surface area contributed by atoms with E-state index in [-0.39, 0.29) is 11.7 Å². The van der Waals surface area contributed by atoms with E-state index in [1.807, 2.05) is 33.0 Å². The first kappa shape index (κ1) is 39.0. The van der Waals surface area contributed by atoms with Crippen LogP contribution in [0.15, 0.2) is 36.2 Å². The molecule has 4 atom stereocenters. The average Bonchev–Trinajstić information content (AvgIpc) is 2.75. The quantitative estimate of drug-likeness (QED) is 0.209. The number of aldehydes is 1. The fraction of sp³-hybridized carbons (Fsp3) is 0.767. The first-order valence-electron chi connectivity index (χ1n) is 13.0. The molecule has 0 saturated heterocycles. The summed E-state index contributed by atoms with van der Waals surface area (Å²) in [4.78, 5) is 10.8. The first-order chi connectivity index (χ1) is 15.3. The number of rotatable bonds is 12. The van der Waals surface area contributed by atoms with Crippen LogP contribution in [-0.2, 0) is 4.79 Å². The second-order valence-electron chi connectivity index (χ2n) is 9.84. The van der Waals surface area contributed by atoms with Gasteiger partial charge in [0.05, 0.1) is 0 Å². The van der Waals surface area contributed by atoms with Crippen molar-refractivity contribution in [2.24, 2.45) is 23.7 Å². The van der Waals surface area contributed by atoms with E-state index in [0.29, 0.717) is 11.5 Å². The third-order valence-corrected chi connectivity index (χ3v) is 5.52. The summed E-state index contributed by atoms with van der Waals surface area (Å²) in [6, 6.07) is 0. The van der Waals surface area contributed by atoms with Gasteiger partial charge in [0.2, 0.25) is 0 Å². The van der Waals surface area contributed by atoms with Gasteiger partial charge in [0.25, 0.3) is 0 Å². The molecule has 0 fully saturated rings. The van der Waals surface area contributed by atoms with Gasteiger partial charge in [0, 0.05) is 0 Å². The molecule has 0 heterocycles. The largest absolute Gasteiger partial charge is 0.312 e. The number of allylic oxidation sites excluding steroid dienone is 4. The third kappa shape index (κ3) is 30.8. The van der Waals surface area contributed by atoms with Gasteiger partial charge in [0.1, 0.15) is 12.1 Å². The summed E-state index contributed by atoms with van der Waals surface area (Å²) in [7, 11) is 6.00. The minimum absolute atomic E-state index is 0.193. The highest BCUT2D eigenvalue weighted by Crippen LogP contribution is 2.29. The van der Waals surface area contributed by atoms with Crippen LogP contribution < -0.4 is 0 Å². The Hall–Kier alpha value is -1.22. The zero-order chi connectivity index (χ0) is 27.0. The Bertz CT molecular complexity index is 493. The van der Waals surface area contributed by atoms with Crippen LogP contribution in [0.4, 0.5) is 4.39 Å². The van der Waals surface area contributed by atoms with Gasteiger partial charge in [-0.2, -0.15) is 0 Å². The smallest absolute Gasteiger partial charge is 0.126 e. The lowest BCUT2D eigenvalue weighted by molar-refractivity contribution is -0.106. The fourth-order valence-electron chi connectivity index (χ4n) is 2.62. The minimum Gasteiger partial charge on any atom is -0.312 e. The Morgan fingerprint density at radius 2 is 1.24 bits per heavy atom. The summed E-state index contributed by atoms with van der Waals surface area (Å²) in [6.45, 7) is 26.8. The van der Waals surface area contributed by atoms with Crippen molar-refractivity contribution in [3.05, 3.63) is 36.2 Å². The average molecular weight is 470 g/mol. The number of hydrogen-bond donors (Lipinski definition) is 0. The van der Waals surface area contributed by atoms with Crippen molar-refractivity contribution in [1.82, 2.24) is 4.90 Å². The molecule has 3 heteroatoms. The lowest BCUT2D eigenvalue weighted by Gasteiger charge is -2.23. The Morgan fingerprint density at radius 1 is 0.879 bits per heavy atom. The van der Waals surface area contributed by atoms with Gasteiger partial charge in [-0.05, 0) is 82.6 Å². The Labute approximate surface area is 208 Å². The summed E-state index contributed by atoms with van der Waals surface area (Å²) < 4.78 is 14.1. The highest BCUT2D eigenvalue weighted by atomic mass is 19.1. The lowest BCUT2D eigenvalue weighted by Crippen LogP contribution is -2.11.